The van der Waals surface area contributed by atoms with Gasteiger partial charge in [-0.2, -0.15) is 0 Å². The summed E-state index contributed by atoms with van der Waals surface area (Å²) in [6.45, 7) is 10.2. The average molecular weight is 283 g/mol. The van der Waals surface area contributed by atoms with Gasteiger partial charge in [0.15, 0.2) is 5.78 Å². The van der Waals surface area contributed by atoms with Gasteiger partial charge in [-0.1, -0.05) is 37.6 Å². The van der Waals surface area contributed by atoms with E-state index in [2.05, 4.69) is 13.8 Å². The molecule has 0 bridgehead atoms. The van der Waals surface area contributed by atoms with Crippen LogP contribution in [-0.2, 0) is 16.0 Å². The molecule has 3 heteroatoms. The Balaban J connectivity index is 2.71. The number of benzene rings is 1. The van der Waals surface area contributed by atoms with Gasteiger partial charge in [0.25, 0.3) is 0 Å². The third-order valence-electron chi connectivity index (χ3n) is 2.79. The molecule has 0 saturated heterocycles. The Labute approximate surface area is 121 Å². The van der Waals surface area contributed by atoms with Crippen molar-refractivity contribution in [2.45, 2.75) is 52.6 Å². The van der Waals surface area contributed by atoms with Gasteiger partial charge in [-0.05, 0) is 43.9 Å². The smallest absolute Gasteiger partial charge is 0.162 e. The number of carbonyl (C=O) groups is 1. The lowest BCUT2D eigenvalue weighted by Gasteiger charge is -2.19. The third kappa shape index (κ3) is 5.75. The van der Waals surface area contributed by atoms with Crippen LogP contribution in [0.5, 0.6) is 0 Å². The van der Waals surface area contributed by atoms with Crippen molar-refractivity contribution in [1.29, 1.82) is 0 Å². The lowest BCUT2D eigenvalue weighted by Crippen LogP contribution is -2.24. The molecule has 1 rings (SSSR count). The van der Waals surface area contributed by atoms with Gasteiger partial charge in [0.2, 0.25) is 0 Å². The second kappa shape index (κ2) is 6.53. The van der Waals surface area contributed by atoms with Crippen LogP contribution in [0.2, 0.25) is 5.02 Å². The highest BCUT2D eigenvalue weighted by molar-refractivity contribution is 6.31. The summed E-state index contributed by atoms with van der Waals surface area (Å²) in [5, 5.41) is 0.647. The van der Waals surface area contributed by atoms with Gasteiger partial charge in [0, 0.05) is 11.4 Å². The van der Waals surface area contributed by atoms with Crippen LogP contribution < -0.4 is 0 Å². The molecule has 0 amide bonds. The van der Waals surface area contributed by atoms with Crippen molar-refractivity contribution in [2.24, 2.45) is 0 Å². The molecule has 0 atom stereocenters. The fourth-order valence-electron chi connectivity index (χ4n) is 1.65. The SMILES string of the molecule is CC(C)c1ccc(Cl)c(CC(=O)COC(C)(C)C)c1. The van der Waals surface area contributed by atoms with Gasteiger partial charge in [-0.25, -0.2) is 0 Å². The first kappa shape index (κ1) is 16.2. The minimum absolute atomic E-state index is 0.0535. The average Bonchev–Trinajstić information content (AvgIpc) is 2.28. The standard InChI is InChI=1S/C16H23ClO2/c1-11(2)12-6-7-15(17)13(8-12)9-14(18)10-19-16(3,4)5/h6-8,11H,9-10H2,1-5H3. The largest absolute Gasteiger partial charge is 0.368 e. The fourth-order valence-corrected chi connectivity index (χ4v) is 1.83. The number of rotatable bonds is 5. The topological polar surface area (TPSA) is 26.3 Å². The molecule has 2 nitrogen and oxygen atoms in total. The van der Waals surface area contributed by atoms with E-state index in [0.717, 1.165) is 5.56 Å². The Bertz CT molecular complexity index is 445. The maximum absolute atomic E-state index is 11.9. The number of hydrogen-bond donors (Lipinski definition) is 0. The van der Waals surface area contributed by atoms with E-state index in [9.17, 15) is 4.79 Å². The van der Waals surface area contributed by atoms with E-state index in [1.54, 1.807) is 0 Å². The molecule has 0 spiro atoms. The van der Waals surface area contributed by atoms with Gasteiger partial charge in [-0.3, -0.25) is 4.79 Å². The van der Waals surface area contributed by atoms with Crippen molar-refractivity contribution in [3.63, 3.8) is 0 Å². The zero-order valence-electron chi connectivity index (χ0n) is 12.4. The summed E-state index contributed by atoms with van der Waals surface area (Å²) in [7, 11) is 0. The molecule has 0 aromatic heterocycles. The number of carbonyl (C=O) groups excluding carboxylic acids is 1. The lowest BCUT2D eigenvalue weighted by molar-refractivity contribution is -0.127. The third-order valence-corrected chi connectivity index (χ3v) is 3.16. The first-order valence-corrected chi connectivity index (χ1v) is 7.01. The molecule has 0 saturated carbocycles. The quantitative estimate of drug-likeness (QED) is 0.800. The molecule has 0 aliphatic carbocycles. The predicted molar refractivity (Wildman–Crippen MR) is 80.0 cm³/mol. The zero-order chi connectivity index (χ0) is 14.6. The Morgan fingerprint density at radius 1 is 1.32 bits per heavy atom. The summed E-state index contributed by atoms with van der Waals surface area (Å²) < 4.78 is 5.49. The Kier molecular flexibility index (Phi) is 5.57. The molecule has 0 N–H and O–H groups in total. The van der Waals surface area contributed by atoms with Crippen LogP contribution in [0.25, 0.3) is 0 Å². The first-order valence-electron chi connectivity index (χ1n) is 6.63. The highest BCUT2D eigenvalue weighted by Crippen LogP contribution is 2.23. The monoisotopic (exact) mass is 282 g/mol. The second-order valence-corrected chi connectivity index (χ2v) is 6.53. The van der Waals surface area contributed by atoms with Gasteiger partial charge < -0.3 is 4.74 Å². The summed E-state index contributed by atoms with van der Waals surface area (Å²) >= 11 is 6.14. The summed E-state index contributed by atoms with van der Waals surface area (Å²) in [4.78, 5) is 11.9. The molecule has 0 unspecified atom stereocenters. The van der Waals surface area contributed by atoms with Gasteiger partial charge in [0.1, 0.15) is 6.61 Å². The summed E-state index contributed by atoms with van der Waals surface area (Å²) in [6.07, 6.45) is 0.329. The molecule has 0 aliphatic heterocycles. The molecule has 0 fully saturated rings. The summed E-state index contributed by atoms with van der Waals surface area (Å²) in [6, 6.07) is 5.89. The van der Waals surface area contributed by atoms with Crippen LogP contribution in [0.15, 0.2) is 18.2 Å². The molecule has 19 heavy (non-hydrogen) atoms. The van der Waals surface area contributed by atoms with Crippen molar-refractivity contribution >= 4 is 17.4 Å². The van der Waals surface area contributed by atoms with Gasteiger partial charge >= 0.3 is 0 Å². The number of ether oxygens (including phenoxy) is 1. The fraction of sp³-hybridized carbons (Fsp3) is 0.562. The molecule has 1 aromatic rings. The van der Waals surface area contributed by atoms with Crippen molar-refractivity contribution in [1.82, 2.24) is 0 Å². The minimum Gasteiger partial charge on any atom is -0.368 e. The van der Waals surface area contributed by atoms with Crippen LogP contribution in [0, 0.1) is 0 Å². The summed E-state index contributed by atoms with van der Waals surface area (Å²) in [5.74, 6) is 0.481. The molecule has 0 aliphatic rings. The summed E-state index contributed by atoms with van der Waals surface area (Å²) in [5.41, 5.74) is 1.79. The maximum Gasteiger partial charge on any atom is 0.162 e. The molecular formula is C16H23ClO2. The molecule has 0 heterocycles. The van der Waals surface area contributed by atoms with E-state index in [4.69, 9.17) is 16.3 Å². The van der Waals surface area contributed by atoms with Crippen LogP contribution in [0.3, 0.4) is 0 Å². The van der Waals surface area contributed by atoms with E-state index in [-0.39, 0.29) is 18.0 Å². The number of halogens is 1. The van der Waals surface area contributed by atoms with E-state index in [1.807, 2.05) is 39.0 Å². The van der Waals surface area contributed by atoms with Gasteiger partial charge in [-0.15, -0.1) is 0 Å². The normalized spacial score (nSPS) is 11.9. The Morgan fingerprint density at radius 3 is 2.47 bits per heavy atom. The number of Topliss-reactive ketones (excluding diaryl/α,β-unsaturated/α-hetero) is 1. The minimum atomic E-state index is -0.292. The van der Waals surface area contributed by atoms with E-state index in [0.29, 0.717) is 17.4 Å². The van der Waals surface area contributed by atoms with Crippen molar-refractivity contribution in [3.05, 3.63) is 34.3 Å². The number of ketones is 1. The highest BCUT2D eigenvalue weighted by Gasteiger charge is 2.14. The first-order chi connectivity index (χ1) is 8.69. The lowest BCUT2D eigenvalue weighted by atomic mass is 9.99. The Hall–Kier alpha value is -0.860. The van der Waals surface area contributed by atoms with E-state index >= 15 is 0 Å². The van der Waals surface area contributed by atoms with Crippen molar-refractivity contribution in [2.75, 3.05) is 6.61 Å². The molecule has 106 valence electrons. The predicted octanol–water partition coefficient (Wildman–Crippen LogP) is 4.39. The Morgan fingerprint density at radius 2 is 1.95 bits per heavy atom. The molecule has 1 aromatic carbocycles. The van der Waals surface area contributed by atoms with Gasteiger partial charge in [0.05, 0.1) is 5.60 Å². The maximum atomic E-state index is 11.9. The van der Waals surface area contributed by atoms with Crippen LogP contribution in [-0.4, -0.2) is 18.0 Å². The second-order valence-electron chi connectivity index (χ2n) is 6.12. The van der Waals surface area contributed by atoms with E-state index in [1.165, 1.54) is 5.56 Å². The van der Waals surface area contributed by atoms with Crippen LogP contribution in [0.4, 0.5) is 0 Å². The zero-order valence-corrected chi connectivity index (χ0v) is 13.2. The van der Waals surface area contributed by atoms with Crippen molar-refractivity contribution in [3.8, 4) is 0 Å². The number of hydrogen-bond acceptors (Lipinski definition) is 2. The van der Waals surface area contributed by atoms with E-state index < -0.39 is 0 Å². The van der Waals surface area contributed by atoms with Crippen LogP contribution in [0.1, 0.15) is 51.7 Å². The van der Waals surface area contributed by atoms with Crippen LogP contribution >= 0.6 is 11.6 Å². The van der Waals surface area contributed by atoms with Crippen molar-refractivity contribution < 1.29 is 9.53 Å². The highest BCUT2D eigenvalue weighted by atomic mass is 35.5. The molecular weight excluding hydrogens is 260 g/mol. The molecule has 0 radical (unpaired) electrons.